The molecule has 3 atom stereocenters. The van der Waals surface area contributed by atoms with Crippen molar-refractivity contribution < 1.29 is 14.3 Å². The standard InChI is InChI=1S/C25H34N4O3/c1-16-13-29(14-17(2)32-16)24-26-12-20-21(10-25(3,4)11-22(20)28-24)27-23(30)19-8-6-18(7-9-19)15-31-5/h6-9,12,16-17,21H,10-11,13-15H2,1-5H3,(H,27,30)/t16-,17+,21-/m1/s1. The number of carbonyl (C=O) groups excluding carboxylic acids is 1. The van der Waals surface area contributed by atoms with Crippen LogP contribution in [-0.2, 0) is 22.5 Å². The van der Waals surface area contributed by atoms with Crippen LogP contribution in [0.5, 0.6) is 0 Å². The fraction of sp³-hybridized carbons (Fsp3) is 0.560. The minimum atomic E-state index is -0.114. The van der Waals surface area contributed by atoms with E-state index in [9.17, 15) is 4.79 Å². The summed E-state index contributed by atoms with van der Waals surface area (Å²) in [7, 11) is 1.66. The number of hydrogen-bond donors (Lipinski definition) is 1. The van der Waals surface area contributed by atoms with Gasteiger partial charge in [0.2, 0.25) is 5.95 Å². The Balaban J connectivity index is 1.55. The number of methoxy groups -OCH3 is 1. The molecule has 7 nitrogen and oxygen atoms in total. The number of rotatable bonds is 5. The number of fused-ring (bicyclic) bond motifs is 1. The summed E-state index contributed by atoms with van der Waals surface area (Å²) in [6, 6.07) is 7.43. The van der Waals surface area contributed by atoms with Crippen molar-refractivity contribution in [2.75, 3.05) is 25.1 Å². The molecule has 2 aromatic rings. The summed E-state index contributed by atoms with van der Waals surface area (Å²) >= 11 is 0. The van der Waals surface area contributed by atoms with E-state index in [1.807, 2.05) is 30.5 Å². The summed E-state index contributed by atoms with van der Waals surface area (Å²) in [6.45, 7) is 10.7. The Morgan fingerprint density at radius 2 is 1.91 bits per heavy atom. The summed E-state index contributed by atoms with van der Waals surface area (Å²) < 4.78 is 11.0. The van der Waals surface area contributed by atoms with Crippen LogP contribution >= 0.6 is 0 Å². The summed E-state index contributed by atoms with van der Waals surface area (Å²) in [5.41, 5.74) is 3.76. The van der Waals surface area contributed by atoms with Gasteiger partial charge in [0.25, 0.3) is 5.91 Å². The molecule has 1 N–H and O–H groups in total. The van der Waals surface area contributed by atoms with Gasteiger partial charge in [-0.25, -0.2) is 9.97 Å². The molecule has 0 radical (unpaired) electrons. The van der Waals surface area contributed by atoms with Gasteiger partial charge in [-0.2, -0.15) is 0 Å². The molecule has 4 rings (SSSR count). The van der Waals surface area contributed by atoms with Crippen LogP contribution in [0.2, 0.25) is 0 Å². The molecular formula is C25H34N4O3. The molecular weight excluding hydrogens is 404 g/mol. The van der Waals surface area contributed by atoms with Crippen LogP contribution in [0, 0.1) is 5.41 Å². The van der Waals surface area contributed by atoms with Gasteiger partial charge < -0.3 is 19.7 Å². The lowest BCUT2D eigenvalue weighted by Crippen LogP contribution is -2.46. The molecule has 0 saturated carbocycles. The molecule has 1 amide bonds. The van der Waals surface area contributed by atoms with Crippen molar-refractivity contribution >= 4 is 11.9 Å². The van der Waals surface area contributed by atoms with Gasteiger partial charge >= 0.3 is 0 Å². The van der Waals surface area contributed by atoms with E-state index in [0.717, 1.165) is 48.7 Å². The van der Waals surface area contributed by atoms with E-state index in [1.165, 1.54) is 0 Å². The molecule has 0 spiro atoms. The van der Waals surface area contributed by atoms with Crippen LogP contribution in [0.15, 0.2) is 30.5 Å². The highest BCUT2D eigenvalue weighted by Gasteiger charge is 2.35. The van der Waals surface area contributed by atoms with Crippen molar-refractivity contribution in [2.24, 2.45) is 5.41 Å². The number of benzene rings is 1. The average molecular weight is 439 g/mol. The van der Waals surface area contributed by atoms with Crippen LogP contribution in [0.25, 0.3) is 0 Å². The molecule has 0 unspecified atom stereocenters. The topological polar surface area (TPSA) is 76.6 Å². The van der Waals surface area contributed by atoms with Gasteiger partial charge in [0, 0.05) is 37.5 Å². The molecule has 7 heteroatoms. The Kier molecular flexibility index (Phi) is 6.49. The first kappa shape index (κ1) is 22.7. The van der Waals surface area contributed by atoms with Gasteiger partial charge in [-0.3, -0.25) is 4.79 Å². The number of amides is 1. The lowest BCUT2D eigenvalue weighted by Gasteiger charge is -2.38. The first-order valence-electron chi connectivity index (χ1n) is 11.4. The quantitative estimate of drug-likeness (QED) is 0.767. The second-order valence-electron chi connectivity index (χ2n) is 9.94. The summed E-state index contributed by atoms with van der Waals surface area (Å²) in [6.07, 6.45) is 3.92. The van der Waals surface area contributed by atoms with Crippen LogP contribution in [0.1, 0.15) is 67.3 Å². The number of carbonyl (C=O) groups is 1. The first-order chi connectivity index (χ1) is 15.2. The smallest absolute Gasteiger partial charge is 0.251 e. The zero-order chi connectivity index (χ0) is 22.9. The maximum Gasteiger partial charge on any atom is 0.251 e. The molecule has 1 saturated heterocycles. The van der Waals surface area contributed by atoms with Crippen molar-refractivity contribution in [3.8, 4) is 0 Å². The summed E-state index contributed by atoms with van der Waals surface area (Å²) in [5, 5.41) is 3.23. The molecule has 1 aliphatic carbocycles. The largest absolute Gasteiger partial charge is 0.380 e. The zero-order valence-electron chi connectivity index (χ0n) is 19.7. The SMILES string of the molecule is COCc1ccc(C(=O)N[C@@H]2CC(C)(C)Cc3nc(N4C[C@@H](C)O[C@@H](C)C4)ncc32)cc1. The van der Waals surface area contributed by atoms with Gasteiger partial charge in [0.15, 0.2) is 0 Å². The number of anilines is 1. The van der Waals surface area contributed by atoms with Crippen molar-refractivity contribution in [3.05, 3.63) is 52.8 Å². The average Bonchev–Trinajstić information content (AvgIpc) is 2.72. The lowest BCUT2D eigenvalue weighted by atomic mass is 9.74. The predicted molar refractivity (Wildman–Crippen MR) is 124 cm³/mol. The highest BCUT2D eigenvalue weighted by atomic mass is 16.5. The van der Waals surface area contributed by atoms with Crippen LogP contribution < -0.4 is 10.2 Å². The van der Waals surface area contributed by atoms with Crippen LogP contribution in [0.3, 0.4) is 0 Å². The highest BCUT2D eigenvalue weighted by molar-refractivity contribution is 5.94. The molecule has 1 aromatic carbocycles. The maximum absolute atomic E-state index is 13.0. The van der Waals surface area contributed by atoms with E-state index >= 15 is 0 Å². The fourth-order valence-electron chi connectivity index (χ4n) is 4.82. The Bertz CT molecular complexity index is 950. The molecule has 172 valence electrons. The van der Waals surface area contributed by atoms with E-state index in [4.69, 9.17) is 14.5 Å². The third kappa shape index (κ3) is 5.10. The molecule has 1 aliphatic heterocycles. The van der Waals surface area contributed by atoms with E-state index in [-0.39, 0.29) is 29.6 Å². The van der Waals surface area contributed by atoms with Gasteiger partial charge in [-0.15, -0.1) is 0 Å². The van der Waals surface area contributed by atoms with E-state index in [1.54, 1.807) is 7.11 Å². The van der Waals surface area contributed by atoms with Gasteiger partial charge in [-0.05, 0) is 49.8 Å². The minimum absolute atomic E-state index is 0.0322. The molecule has 2 heterocycles. The molecule has 0 bridgehead atoms. The van der Waals surface area contributed by atoms with Gasteiger partial charge in [0.1, 0.15) is 0 Å². The Morgan fingerprint density at radius 1 is 1.22 bits per heavy atom. The lowest BCUT2D eigenvalue weighted by molar-refractivity contribution is -0.00575. The summed E-state index contributed by atoms with van der Waals surface area (Å²) in [5.74, 6) is 0.671. The number of nitrogens with zero attached hydrogens (tertiary/aromatic N) is 3. The number of ether oxygens (including phenoxy) is 2. The van der Waals surface area contributed by atoms with E-state index in [2.05, 4.69) is 42.9 Å². The normalized spacial score (nSPS) is 24.7. The number of hydrogen-bond acceptors (Lipinski definition) is 6. The van der Waals surface area contributed by atoms with Crippen LogP contribution in [0.4, 0.5) is 5.95 Å². The second kappa shape index (κ2) is 9.16. The number of morpholine rings is 1. The highest BCUT2D eigenvalue weighted by Crippen LogP contribution is 2.40. The predicted octanol–water partition coefficient (Wildman–Crippen LogP) is 3.68. The zero-order valence-corrected chi connectivity index (χ0v) is 19.7. The molecule has 32 heavy (non-hydrogen) atoms. The summed E-state index contributed by atoms with van der Waals surface area (Å²) in [4.78, 5) is 24.8. The third-order valence-corrected chi connectivity index (χ3v) is 6.20. The number of nitrogens with one attached hydrogen (secondary N) is 1. The fourth-order valence-corrected chi connectivity index (χ4v) is 4.82. The molecule has 1 aromatic heterocycles. The third-order valence-electron chi connectivity index (χ3n) is 6.20. The number of aromatic nitrogens is 2. The molecule has 2 aliphatic rings. The Morgan fingerprint density at radius 3 is 2.56 bits per heavy atom. The minimum Gasteiger partial charge on any atom is -0.380 e. The van der Waals surface area contributed by atoms with Crippen molar-refractivity contribution in [1.29, 1.82) is 0 Å². The van der Waals surface area contributed by atoms with Gasteiger partial charge in [0.05, 0.1) is 30.6 Å². The molecule has 1 fully saturated rings. The van der Waals surface area contributed by atoms with Crippen molar-refractivity contribution in [3.63, 3.8) is 0 Å². The monoisotopic (exact) mass is 438 g/mol. The first-order valence-corrected chi connectivity index (χ1v) is 11.4. The van der Waals surface area contributed by atoms with Crippen LogP contribution in [-0.4, -0.2) is 48.3 Å². The van der Waals surface area contributed by atoms with Gasteiger partial charge in [-0.1, -0.05) is 26.0 Å². The van der Waals surface area contributed by atoms with E-state index in [0.29, 0.717) is 12.2 Å². The maximum atomic E-state index is 13.0. The van der Waals surface area contributed by atoms with E-state index < -0.39 is 0 Å². The van der Waals surface area contributed by atoms with Crippen molar-refractivity contribution in [2.45, 2.75) is 65.4 Å². The Hall–Kier alpha value is -2.51. The second-order valence-corrected chi connectivity index (χ2v) is 9.94. The Labute approximate surface area is 190 Å². The van der Waals surface area contributed by atoms with Crippen molar-refractivity contribution in [1.82, 2.24) is 15.3 Å².